The second-order valence-electron chi connectivity index (χ2n) is 5.89. The van der Waals surface area contributed by atoms with E-state index in [0.717, 1.165) is 31.7 Å². The van der Waals surface area contributed by atoms with Crippen molar-refractivity contribution in [3.8, 4) is 23.0 Å². The van der Waals surface area contributed by atoms with E-state index in [1.54, 1.807) is 0 Å². The predicted molar refractivity (Wildman–Crippen MR) is 96.2 cm³/mol. The summed E-state index contributed by atoms with van der Waals surface area (Å²) in [7, 11) is 1.29. The standard InChI is InChI=1S/C19H22O7/c1-3-4-5-6-7-26-19(24)12-8-11-10-14(25-2)17(22)18(23)15(11)16(21)13(20)9-12/h8-10,22-23H,3-7H2,1-2H3,(H,20,21). The number of fused-ring (bicyclic) bond motifs is 1. The van der Waals surface area contributed by atoms with Crippen LogP contribution in [0.2, 0.25) is 0 Å². The van der Waals surface area contributed by atoms with Gasteiger partial charge in [-0.1, -0.05) is 26.2 Å². The van der Waals surface area contributed by atoms with Crippen molar-refractivity contribution in [2.75, 3.05) is 13.7 Å². The summed E-state index contributed by atoms with van der Waals surface area (Å²) in [5.41, 5.74) is -0.944. The summed E-state index contributed by atoms with van der Waals surface area (Å²) in [6.07, 6.45) is 3.76. The molecule has 2 aromatic rings. The number of phenolic OH excluding ortho intramolecular Hbond substituents is 2. The summed E-state index contributed by atoms with van der Waals surface area (Å²) < 4.78 is 10.1. The molecule has 0 bridgehead atoms. The van der Waals surface area contributed by atoms with Crippen LogP contribution in [-0.4, -0.2) is 35.0 Å². The Kier molecular flexibility index (Phi) is 6.27. The van der Waals surface area contributed by atoms with Crippen molar-refractivity contribution in [3.05, 3.63) is 34.0 Å². The Bertz CT molecular complexity index is 874. The lowest BCUT2D eigenvalue weighted by Crippen LogP contribution is -2.08. The number of hydrogen-bond acceptors (Lipinski definition) is 7. The van der Waals surface area contributed by atoms with Gasteiger partial charge in [0, 0.05) is 6.07 Å². The van der Waals surface area contributed by atoms with Crippen LogP contribution in [-0.2, 0) is 4.74 Å². The normalized spacial score (nSPS) is 10.7. The highest BCUT2D eigenvalue weighted by Gasteiger charge is 2.19. The first-order valence-corrected chi connectivity index (χ1v) is 8.37. The van der Waals surface area contributed by atoms with Crippen molar-refractivity contribution in [1.82, 2.24) is 0 Å². The molecule has 0 aliphatic rings. The molecular formula is C19H22O7. The Morgan fingerprint density at radius 3 is 2.38 bits per heavy atom. The summed E-state index contributed by atoms with van der Waals surface area (Å²) in [6.45, 7) is 2.30. The van der Waals surface area contributed by atoms with Crippen molar-refractivity contribution in [2.24, 2.45) is 0 Å². The molecule has 0 unspecified atom stereocenters. The van der Waals surface area contributed by atoms with Crippen LogP contribution < -0.4 is 10.2 Å². The van der Waals surface area contributed by atoms with Gasteiger partial charge >= 0.3 is 5.97 Å². The van der Waals surface area contributed by atoms with Gasteiger partial charge in [-0.3, -0.25) is 4.79 Å². The fourth-order valence-electron chi connectivity index (χ4n) is 2.61. The molecule has 7 nitrogen and oxygen atoms in total. The largest absolute Gasteiger partial charge is 0.504 e. The number of esters is 1. The van der Waals surface area contributed by atoms with Gasteiger partial charge in [0.05, 0.1) is 24.7 Å². The van der Waals surface area contributed by atoms with Gasteiger partial charge in [-0.2, -0.15) is 0 Å². The first-order valence-electron chi connectivity index (χ1n) is 8.37. The Labute approximate surface area is 150 Å². The number of phenols is 2. The fraction of sp³-hybridized carbons (Fsp3) is 0.368. The molecule has 7 heteroatoms. The Hall–Kier alpha value is -2.96. The van der Waals surface area contributed by atoms with Crippen LogP contribution in [0.1, 0.15) is 43.0 Å². The Balaban J connectivity index is 2.46. The number of rotatable bonds is 7. The average molecular weight is 362 g/mol. The summed E-state index contributed by atoms with van der Waals surface area (Å²) in [4.78, 5) is 24.4. The minimum Gasteiger partial charge on any atom is -0.504 e. The van der Waals surface area contributed by atoms with Crippen LogP contribution in [0.15, 0.2) is 23.0 Å². The van der Waals surface area contributed by atoms with Crippen LogP contribution in [0, 0.1) is 0 Å². The fourth-order valence-corrected chi connectivity index (χ4v) is 2.61. The third-order valence-electron chi connectivity index (χ3n) is 4.02. The number of methoxy groups -OCH3 is 1. The van der Waals surface area contributed by atoms with Gasteiger partial charge < -0.3 is 24.8 Å². The Morgan fingerprint density at radius 2 is 1.73 bits per heavy atom. The van der Waals surface area contributed by atoms with E-state index >= 15 is 0 Å². The molecule has 26 heavy (non-hydrogen) atoms. The molecule has 0 fully saturated rings. The minimum atomic E-state index is -0.877. The van der Waals surface area contributed by atoms with Crippen molar-refractivity contribution >= 4 is 16.7 Å². The predicted octanol–water partition coefficient (Wildman–Crippen LogP) is 3.06. The third kappa shape index (κ3) is 3.99. The van der Waals surface area contributed by atoms with E-state index in [1.807, 2.05) is 0 Å². The molecule has 140 valence electrons. The van der Waals surface area contributed by atoms with Crippen molar-refractivity contribution in [2.45, 2.75) is 32.6 Å². The number of unbranched alkanes of at least 4 members (excludes halogenated alkanes) is 3. The van der Waals surface area contributed by atoms with Crippen molar-refractivity contribution in [1.29, 1.82) is 0 Å². The number of aromatic hydroxyl groups is 3. The lowest BCUT2D eigenvalue weighted by Gasteiger charge is -2.08. The van der Waals surface area contributed by atoms with E-state index in [-0.39, 0.29) is 28.7 Å². The maximum absolute atomic E-state index is 12.2. The Morgan fingerprint density at radius 1 is 1.00 bits per heavy atom. The molecule has 0 aliphatic carbocycles. The second kappa shape index (κ2) is 8.42. The van der Waals surface area contributed by atoms with Crippen LogP contribution in [0.4, 0.5) is 0 Å². The van der Waals surface area contributed by atoms with E-state index in [1.165, 1.54) is 19.2 Å². The lowest BCUT2D eigenvalue weighted by molar-refractivity contribution is 0.0498. The van der Waals surface area contributed by atoms with Gasteiger partial charge in [0.1, 0.15) is 0 Å². The van der Waals surface area contributed by atoms with E-state index in [0.29, 0.717) is 0 Å². The number of benzene rings is 1. The molecule has 0 spiro atoms. The number of ether oxygens (including phenoxy) is 2. The van der Waals surface area contributed by atoms with Gasteiger partial charge in [0.2, 0.25) is 11.2 Å². The summed E-state index contributed by atoms with van der Waals surface area (Å²) in [5, 5.41) is 29.9. The van der Waals surface area contributed by atoms with Gasteiger partial charge in [-0.15, -0.1) is 0 Å². The van der Waals surface area contributed by atoms with Crippen molar-refractivity contribution < 1.29 is 29.6 Å². The van der Waals surface area contributed by atoms with Gasteiger partial charge in [-0.05, 0) is 23.9 Å². The molecule has 0 radical (unpaired) electrons. The average Bonchev–Trinajstić information content (AvgIpc) is 2.74. The van der Waals surface area contributed by atoms with Crippen molar-refractivity contribution in [3.63, 3.8) is 0 Å². The number of carbonyl (C=O) groups excluding carboxylic acids is 1. The number of hydrogen-bond donors (Lipinski definition) is 3. The monoisotopic (exact) mass is 362 g/mol. The molecule has 0 aromatic heterocycles. The molecular weight excluding hydrogens is 340 g/mol. The summed E-state index contributed by atoms with van der Waals surface area (Å²) in [6, 6.07) is 3.54. The summed E-state index contributed by atoms with van der Waals surface area (Å²) in [5.74, 6) is -2.86. The molecule has 0 atom stereocenters. The second-order valence-corrected chi connectivity index (χ2v) is 5.89. The van der Waals surface area contributed by atoms with Crippen LogP contribution in [0.5, 0.6) is 23.0 Å². The molecule has 0 amide bonds. The van der Waals surface area contributed by atoms with E-state index in [4.69, 9.17) is 9.47 Å². The first-order chi connectivity index (χ1) is 12.4. The highest BCUT2D eigenvalue weighted by atomic mass is 16.5. The molecule has 3 N–H and O–H groups in total. The molecule has 0 heterocycles. The first kappa shape index (κ1) is 19.4. The van der Waals surface area contributed by atoms with Crippen LogP contribution >= 0.6 is 0 Å². The van der Waals surface area contributed by atoms with Gasteiger partial charge in [0.25, 0.3) is 0 Å². The third-order valence-corrected chi connectivity index (χ3v) is 4.02. The highest BCUT2D eigenvalue weighted by molar-refractivity contribution is 6.00. The van der Waals surface area contributed by atoms with Crippen LogP contribution in [0.25, 0.3) is 10.8 Å². The lowest BCUT2D eigenvalue weighted by atomic mass is 10.1. The van der Waals surface area contributed by atoms with E-state index in [9.17, 15) is 24.9 Å². The molecule has 2 aromatic carbocycles. The molecule has 0 aliphatic heterocycles. The quantitative estimate of drug-likeness (QED) is 0.394. The molecule has 0 saturated heterocycles. The summed E-state index contributed by atoms with van der Waals surface area (Å²) >= 11 is 0. The number of carbonyl (C=O) groups is 1. The molecule has 0 saturated carbocycles. The zero-order valence-electron chi connectivity index (χ0n) is 14.7. The SMILES string of the molecule is CCCCCCOC(=O)c1cc(=O)c(O)c2c(O)c(O)c(OC)cc2c1. The highest BCUT2D eigenvalue weighted by Crippen LogP contribution is 2.43. The van der Waals surface area contributed by atoms with Crippen LogP contribution in [0.3, 0.4) is 0 Å². The van der Waals surface area contributed by atoms with E-state index in [2.05, 4.69) is 6.92 Å². The smallest absolute Gasteiger partial charge is 0.338 e. The maximum Gasteiger partial charge on any atom is 0.338 e. The zero-order valence-corrected chi connectivity index (χ0v) is 14.7. The van der Waals surface area contributed by atoms with Gasteiger partial charge in [-0.25, -0.2) is 4.79 Å². The molecule has 2 rings (SSSR count). The van der Waals surface area contributed by atoms with E-state index < -0.39 is 28.6 Å². The topological polar surface area (TPSA) is 113 Å². The zero-order chi connectivity index (χ0) is 19.3. The van der Waals surface area contributed by atoms with Gasteiger partial charge in [0.15, 0.2) is 17.2 Å². The maximum atomic E-state index is 12.2. The minimum absolute atomic E-state index is 0.0630.